The Morgan fingerprint density at radius 2 is 2.07 bits per heavy atom. The molecule has 0 aliphatic rings. The molecule has 0 bridgehead atoms. The molecule has 0 unspecified atom stereocenters. The minimum absolute atomic E-state index is 0.0234. The lowest BCUT2D eigenvalue weighted by atomic mass is 10.1. The van der Waals surface area contributed by atoms with E-state index in [0.717, 1.165) is 5.56 Å². The second-order valence-corrected chi connectivity index (χ2v) is 3.28. The van der Waals surface area contributed by atoms with Gasteiger partial charge in [0.15, 0.2) is 5.82 Å². The van der Waals surface area contributed by atoms with Crippen LogP contribution in [-0.4, -0.2) is 15.8 Å². The number of H-pyrrole nitrogens is 1. The molecule has 1 aromatic carbocycles. The highest BCUT2D eigenvalue weighted by Crippen LogP contribution is 2.08. The quantitative estimate of drug-likeness (QED) is 0.582. The van der Waals surface area contributed by atoms with Gasteiger partial charge in [-0.3, -0.25) is 4.79 Å². The van der Waals surface area contributed by atoms with E-state index >= 15 is 0 Å². The summed E-state index contributed by atoms with van der Waals surface area (Å²) in [5, 5.41) is 0. The van der Waals surface area contributed by atoms with E-state index in [-0.39, 0.29) is 5.78 Å². The first kappa shape index (κ1) is 9.45. The van der Waals surface area contributed by atoms with Crippen LogP contribution in [0.1, 0.15) is 16.2 Å². The van der Waals surface area contributed by atoms with Crippen molar-refractivity contribution in [3.05, 3.63) is 48.0 Å². The van der Waals surface area contributed by atoms with Gasteiger partial charge in [0.05, 0.1) is 0 Å². The number of carbonyl (C=O) groups excluding carboxylic acids is 1. The Balaban J connectivity index is 2.09. The maximum absolute atomic E-state index is 11.6. The van der Waals surface area contributed by atoms with E-state index in [2.05, 4.69) is 9.97 Å². The molecule has 0 saturated carbocycles. The summed E-state index contributed by atoms with van der Waals surface area (Å²) in [4.78, 5) is 18.3. The number of rotatable bonds is 3. The smallest absolute Gasteiger partial charge is 0.202 e. The molecule has 0 aliphatic carbocycles. The number of aromatic nitrogens is 2. The summed E-state index contributed by atoms with van der Waals surface area (Å²) in [5.74, 6) is 0.372. The summed E-state index contributed by atoms with van der Waals surface area (Å²) in [6.07, 6.45) is 3.54. The lowest BCUT2D eigenvalue weighted by Gasteiger charge is -1.99. The zero-order valence-electron chi connectivity index (χ0n) is 8.10. The number of nitrogens with zero attached hydrogens (tertiary/aromatic N) is 1. The first-order valence-corrected chi connectivity index (χ1v) is 4.63. The summed E-state index contributed by atoms with van der Waals surface area (Å²) in [6, 6.07) is 7.25. The summed E-state index contributed by atoms with van der Waals surface area (Å²) in [7, 11) is 0. The Hall–Kier alpha value is -2.10. The maximum atomic E-state index is 11.6. The number of benzene rings is 1. The van der Waals surface area contributed by atoms with Crippen LogP contribution in [-0.2, 0) is 6.42 Å². The largest absolute Gasteiger partial charge is 0.399 e. The van der Waals surface area contributed by atoms with Gasteiger partial charge in [0, 0.05) is 24.5 Å². The van der Waals surface area contributed by atoms with Crippen molar-refractivity contribution in [3.63, 3.8) is 0 Å². The van der Waals surface area contributed by atoms with E-state index in [1.54, 1.807) is 24.5 Å². The normalized spacial score (nSPS) is 10.1. The first-order valence-electron chi connectivity index (χ1n) is 4.63. The predicted molar refractivity (Wildman–Crippen MR) is 57.5 cm³/mol. The number of imidazole rings is 1. The van der Waals surface area contributed by atoms with E-state index in [1.807, 2.05) is 12.1 Å². The molecule has 0 aliphatic heterocycles. The average Bonchev–Trinajstić information content (AvgIpc) is 2.74. The van der Waals surface area contributed by atoms with Crippen molar-refractivity contribution >= 4 is 11.5 Å². The molecule has 4 heteroatoms. The number of Topliss-reactive ketones (excluding diaryl/α,β-unsaturated/α-hetero) is 1. The number of nitrogen functional groups attached to an aromatic ring is 1. The number of anilines is 1. The van der Waals surface area contributed by atoms with Crippen LogP contribution in [0.4, 0.5) is 5.69 Å². The number of ketones is 1. The summed E-state index contributed by atoms with van der Waals surface area (Å²) < 4.78 is 0. The Kier molecular flexibility index (Phi) is 2.49. The second-order valence-electron chi connectivity index (χ2n) is 3.28. The van der Waals surface area contributed by atoms with Crippen LogP contribution in [0.5, 0.6) is 0 Å². The third kappa shape index (κ3) is 2.22. The first-order chi connectivity index (χ1) is 7.25. The van der Waals surface area contributed by atoms with Gasteiger partial charge in [0.2, 0.25) is 5.78 Å². The van der Waals surface area contributed by atoms with Gasteiger partial charge in [-0.05, 0) is 17.7 Å². The van der Waals surface area contributed by atoms with Crippen LogP contribution in [0.2, 0.25) is 0 Å². The highest BCUT2D eigenvalue weighted by molar-refractivity contribution is 5.94. The molecule has 76 valence electrons. The van der Waals surface area contributed by atoms with E-state index in [4.69, 9.17) is 5.73 Å². The molecule has 4 nitrogen and oxygen atoms in total. The molecule has 0 saturated heterocycles. The van der Waals surface area contributed by atoms with Crippen LogP contribution >= 0.6 is 0 Å². The topological polar surface area (TPSA) is 71.8 Å². The van der Waals surface area contributed by atoms with Gasteiger partial charge in [0.25, 0.3) is 0 Å². The monoisotopic (exact) mass is 201 g/mol. The zero-order valence-corrected chi connectivity index (χ0v) is 8.10. The van der Waals surface area contributed by atoms with E-state index in [0.29, 0.717) is 17.9 Å². The van der Waals surface area contributed by atoms with Crippen molar-refractivity contribution in [1.29, 1.82) is 0 Å². The van der Waals surface area contributed by atoms with E-state index < -0.39 is 0 Å². The van der Waals surface area contributed by atoms with Gasteiger partial charge in [-0.2, -0.15) is 0 Å². The Labute approximate surface area is 87.1 Å². The van der Waals surface area contributed by atoms with Gasteiger partial charge in [-0.15, -0.1) is 0 Å². The number of carbonyl (C=O) groups is 1. The number of hydrogen-bond donors (Lipinski definition) is 2. The van der Waals surface area contributed by atoms with Gasteiger partial charge in [0.1, 0.15) is 0 Å². The zero-order chi connectivity index (χ0) is 10.7. The van der Waals surface area contributed by atoms with Crippen LogP contribution in [0, 0.1) is 0 Å². The van der Waals surface area contributed by atoms with Crippen LogP contribution < -0.4 is 5.73 Å². The van der Waals surface area contributed by atoms with Crippen molar-refractivity contribution in [1.82, 2.24) is 9.97 Å². The van der Waals surface area contributed by atoms with Crippen molar-refractivity contribution < 1.29 is 4.79 Å². The van der Waals surface area contributed by atoms with Gasteiger partial charge in [-0.25, -0.2) is 4.98 Å². The van der Waals surface area contributed by atoms with Crippen molar-refractivity contribution in [2.24, 2.45) is 0 Å². The second kappa shape index (κ2) is 3.96. The molecule has 1 heterocycles. The van der Waals surface area contributed by atoms with Gasteiger partial charge in [-0.1, -0.05) is 12.1 Å². The molecular formula is C11H11N3O. The fraction of sp³-hybridized carbons (Fsp3) is 0.0909. The minimum Gasteiger partial charge on any atom is -0.399 e. The maximum Gasteiger partial charge on any atom is 0.202 e. The molecular weight excluding hydrogens is 190 g/mol. The standard InChI is InChI=1S/C11H11N3O/c12-9-3-1-8(2-4-9)7-10(15)11-13-5-6-14-11/h1-6H,7,12H2,(H,13,14). The molecule has 0 amide bonds. The lowest BCUT2D eigenvalue weighted by Crippen LogP contribution is -2.05. The molecule has 1 aromatic heterocycles. The number of nitrogens with two attached hydrogens (primary N) is 1. The Morgan fingerprint density at radius 3 is 2.67 bits per heavy atom. The summed E-state index contributed by atoms with van der Waals surface area (Å²) in [6.45, 7) is 0. The van der Waals surface area contributed by atoms with Crippen LogP contribution in [0.25, 0.3) is 0 Å². The molecule has 0 fully saturated rings. The van der Waals surface area contributed by atoms with Crippen LogP contribution in [0.15, 0.2) is 36.7 Å². The number of nitrogens with one attached hydrogen (secondary N) is 1. The Bertz CT molecular complexity index is 445. The van der Waals surface area contributed by atoms with Crippen molar-refractivity contribution in [3.8, 4) is 0 Å². The minimum atomic E-state index is -0.0234. The molecule has 0 radical (unpaired) electrons. The van der Waals surface area contributed by atoms with Crippen LogP contribution in [0.3, 0.4) is 0 Å². The molecule has 2 rings (SSSR count). The van der Waals surface area contributed by atoms with Crippen molar-refractivity contribution in [2.45, 2.75) is 6.42 Å². The molecule has 15 heavy (non-hydrogen) atoms. The molecule has 2 aromatic rings. The highest BCUT2D eigenvalue weighted by Gasteiger charge is 2.08. The predicted octanol–water partition coefficient (Wildman–Crippen LogP) is 1.42. The SMILES string of the molecule is Nc1ccc(CC(=O)c2ncc[nH]2)cc1. The number of aromatic amines is 1. The van der Waals surface area contributed by atoms with Gasteiger partial charge >= 0.3 is 0 Å². The van der Waals surface area contributed by atoms with E-state index in [9.17, 15) is 4.79 Å². The fourth-order valence-corrected chi connectivity index (χ4v) is 1.32. The van der Waals surface area contributed by atoms with Gasteiger partial charge < -0.3 is 10.7 Å². The summed E-state index contributed by atoms with van der Waals surface area (Å²) in [5.41, 5.74) is 7.18. The molecule has 3 N–H and O–H groups in total. The molecule has 0 atom stereocenters. The average molecular weight is 201 g/mol. The fourth-order valence-electron chi connectivity index (χ4n) is 1.32. The highest BCUT2D eigenvalue weighted by atomic mass is 16.1. The molecule has 0 spiro atoms. The summed E-state index contributed by atoms with van der Waals surface area (Å²) >= 11 is 0. The third-order valence-electron chi connectivity index (χ3n) is 2.11. The third-order valence-corrected chi connectivity index (χ3v) is 2.11. The van der Waals surface area contributed by atoms with Crippen molar-refractivity contribution in [2.75, 3.05) is 5.73 Å². The Morgan fingerprint density at radius 1 is 1.33 bits per heavy atom. The van der Waals surface area contributed by atoms with E-state index in [1.165, 1.54) is 0 Å². The lowest BCUT2D eigenvalue weighted by molar-refractivity contribution is 0.0984. The number of hydrogen-bond acceptors (Lipinski definition) is 3.